The fraction of sp³-hybridized carbons (Fsp3) is 0.500. The molecular weight excluding hydrogens is 350 g/mol. The molecule has 146 valence electrons. The number of hydrogen-bond acceptors (Lipinski definition) is 3. The zero-order valence-electron chi connectivity index (χ0n) is 17.1. The molecule has 1 heterocycles. The van der Waals surface area contributed by atoms with Crippen LogP contribution in [0.15, 0.2) is 53.4 Å². The topological polar surface area (TPSA) is 21.3 Å². The highest BCUT2D eigenvalue weighted by Gasteiger charge is 2.35. The first-order chi connectivity index (χ1) is 13.1. The van der Waals surface area contributed by atoms with Crippen molar-refractivity contribution in [2.24, 2.45) is 0 Å². The van der Waals surface area contributed by atoms with Crippen LogP contribution in [0.3, 0.4) is 0 Å². The summed E-state index contributed by atoms with van der Waals surface area (Å²) < 4.78 is 6.01. The Morgan fingerprint density at radius 2 is 1.93 bits per heavy atom. The van der Waals surface area contributed by atoms with Gasteiger partial charge in [0.2, 0.25) is 0 Å². The predicted octanol–water partition coefficient (Wildman–Crippen LogP) is 6.60. The molecule has 0 fully saturated rings. The molecule has 0 saturated heterocycles. The quantitative estimate of drug-likeness (QED) is 0.582. The van der Waals surface area contributed by atoms with Crippen LogP contribution in [0.1, 0.15) is 70.5 Å². The standard InChI is InChI=1S/C24H33NOS/c1-5-7-15-24(6-2)17-27-22-14-13-20(26-18(3)4)16-21(22)23(25-24)19-11-9-8-10-12-19/h8-14,16,18,23,25H,5-7,15,17H2,1-4H3/t23-,24-/m0/s1. The zero-order valence-corrected chi connectivity index (χ0v) is 17.9. The lowest BCUT2D eigenvalue weighted by Crippen LogP contribution is -2.48. The third-order valence-electron chi connectivity index (χ3n) is 5.44. The van der Waals surface area contributed by atoms with E-state index in [1.54, 1.807) is 0 Å². The van der Waals surface area contributed by atoms with Gasteiger partial charge in [-0.15, -0.1) is 11.8 Å². The molecule has 3 heteroatoms. The van der Waals surface area contributed by atoms with E-state index in [0.29, 0.717) is 0 Å². The van der Waals surface area contributed by atoms with Crippen molar-refractivity contribution < 1.29 is 4.74 Å². The highest BCUT2D eigenvalue weighted by Crippen LogP contribution is 2.42. The highest BCUT2D eigenvalue weighted by molar-refractivity contribution is 7.99. The summed E-state index contributed by atoms with van der Waals surface area (Å²) in [6.45, 7) is 8.78. The molecule has 0 spiro atoms. The summed E-state index contributed by atoms with van der Waals surface area (Å²) in [6.07, 6.45) is 5.06. The maximum absolute atomic E-state index is 6.01. The van der Waals surface area contributed by atoms with Gasteiger partial charge in [0.05, 0.1) is 12.1 Å². The Kier molecular flexibility index (Phi) is 6.88. The van der Waals surface area contributed by atoms with Gasteiger partial charge in [0.25, 0.3) is 0 Å². The molecule has 2 nitrogen and oxygen atoms in total. The third kappa shape index (κ3) is 4.89. The van der Waals surface area contributed by atoms with Crippen LogP contribution in [0, 0.1) is 0 Å². The monoisotopic (exact) mass is 383 g/mol. The Balaban J connectivity index is 2.03. The van der Waals surface area contributed by atoms with Gasteiger partial charge >= 0.3 is 0 Å². The van der Waals surface area contributed by atoms with Crippen LogP contribution in [-0.4, -0.2) is 17.4 Å². The molecule has 1 N–H and O–H groups in total. The zero-order chi connectivity index (χ0) is 19.3. The number of benzene rings is 2. The van der Waals surface area contributed by atoms with E-state index in [1.807, 2.05) is 11.8 Å². The molecule has 0 amide bonds. The minimum absolute atomic E-state index is 0.166. The SMILES string of the molecule is CCCC[C@@]1(CC)CSc2ccc(OC(C)C)cc2[C@H](c2ccccc2)N1. The first kappa shape index (κ1) is 20.3. The molecule has 2 aromatic carbocycles. The molecule has 0 aromatic heterocycles. The molecule has 2 aromatic rings. The lowest BCUT2D eigenvalue weighted by atomic mass is 9.88. The first-order valence-electron chi connectivity index (χ1n) is 10.3. The molecule has 2 atom stereocenters. The van der Waals surface area contributed by atoms with Crippen molar-refractivity contribution in [2.45, 2.75) is 76.0 Å². The number of fused-ring (bicyclic) bond motifs is 1. The highest BCUT2D eigenvalue weighted by atomic mass is 32.2. The fourth-order valence-electron chi connectivity index (χ4n) is 3.82. The van der Waals surface area contributed by atoms with Gasteiger partial charge in [0.1, 0.15) is 5.75 Å². The largest absolute Gasteiger partial charge is 0.491 e. The smallest absolute Gasteiger partial charge is 0.120 e. The summed E-state index contributed by atoms with van der Waals surface area (Å²) in [7, 11) is 0. The summed E-state index contributed by atoms with van der Waals surface area (Å²) in [5, 5.41) is 4.09. The van der Waals surface area contributed by atoms with Crippen LogP contribution in [0.4, 0.5) is 0 Å². The van der Waals surface area contributed by atoms with E-state index in [9.17, 15) is 0 Å². The van der Waals surface area contributed by atoms with Crippen molar-refractivity contribution in [1.29, 1.82) is 0 Å². The number of nitrogens with one attached hydrogen (secondary N) is 1. The van der Waals surface area contributed by atoms with Crippen LogP contribution >= 0.6 is 11.8 Å². The van der Waals surface area contributed by atoms with Crippen molar-refractivity contribution in [2.75, 3.05) is 5.75 Å². The molecule has 0 radical (unpaired) electrons. The maximum Gasteiger partial charge on any atom is 0.120 e. The second-order valence-corrected chi connectivity index (χ2v) is 8.90. The van der Waals surface area contributed by atoms with E-state index in [4.69, 9.17) is 4.74 Å². The normalized spacial score (nSPS) is 22.3. The van der Waals surface area contributed by atoms with Crippen molar-refractivity contribution >= 4 is 11.8 Å². The van der Waals surface area contributed by atoms with E-state index >= 15 is 0 Å². The summed E-state index contributed by atoms with van der Waals surface area (Å²) in [6, 6.07) is 17.7. The lowest BCUT2D eigenvalue weighted by molar-refractivity contribution is 0.241. The van der Waals surface area contributed by atoms with Gasteiger partial charge in [-0.25, -0.2) is 0 Å². The van der Waals surface area contributed by atoms with E-state index in [0.717, 1.165) is 17.9 Å². The molecule has 1 aliphatic rings. The Bertz CT molecular complexity index is 730. The van der Waals surface area contributed by atoms with Gasteiger partial charge < -0.3 is 4.74 Å². The average molecular weight is 384 g/mol. The second-order valence-electron chi connectivity index (χ2n) is 7.88. The molecule has 0 bridgehead atoms. The van der Waals surface area contributed by atoms with Gasteiger partial charge in [-0.2, -0.15) is 0 Å². The van der Waals surface area contributed by atoms with E-state index < -0.39 is 0 Å². The van der Waals surface area contributed by atoms with Gasteiger partial charge in [0, 0.05) is 16.2 Å². The van der Waals surface area contributed by atoms with Gasteiger partial charge in [0.15, 0.2) is 0 Å². The lowest BCUT2D eigenvalue weighted by Gasteiger charge is -2.36. The van der Waals surface area contributed by atoms with Crippen LogP contribution in [-0.2, 0) is 0 Å². The maximum atomic E-state index is 6.01. The van der Waals surface area contributed by atoms with Gasteiger partial charge in [-0.05, 0) is 56.0 Å². The number of rotatable bonds is 7. The summed E-state index contributed by atoms with van der Waals surface area (Å²) >= 11 is 2.00. The van der Waals surface area contributed by atoms with Crippen LogP contribution in [0.5, 0.6) is 5.75 Å². The van der Waals surface area contributed by atoms with Crippen molar-refractivity contribution in [3.05, 3.63) is 59.7 Å². The van der Waals surface area contributed by atoms with E-state index in [2.05, 4.69) is 81.5 Å². The minimum atomic E-state index is 0.166. The molecular formula is C24H33NOS. The number of hydrogen-bond donors (Lipinski definition) is 1. The molecule has 27 heavy (non-hydrogen) atoms. The van der Waals surface area contributed by atoms with E-state index in [-0.39, 0.29) is 17.7 Å². The van der Waals surface area contributed by atoms with Crippen molar-refractivity contribution in [3.63, 3.8) is 0 Å². The molecule has 0 aliphatic carbocycles. The Hall–Kier alpha value is -1.45. The number of thioether (sulfide) groups is 1. The van der Waals surface area contributed by atoms with Gasteiger partial charge in [-0.3, -0.25) is 5.32 Å². The van der Waals surface area contributed by atoms with Gasteiger partial charge in [-0.1, -0.05) is 57.0 Å². The van der Waals surface area contributed by atoms with Crippen LogP contribution in [0.25, 0.3) is 0 Å². The Morgan fingerprint density at radius 1 is 1.15 bits per heavy atom. The first-order valence-corrected chi connectivity index (χ1v) is 11.3. The Labute approximate surface area is 169 Å². The summed E-state index contributed by atoms with van der Waals surface area (Å²) in [5.74, 6) is 2.08. The van der Waals surface area contributed by atoms with E-state index in [1.165, 1.54) is 35.3 Å². The third-order valence-corrected chi connectivity index (χ3v) is 6.82. The predicted molar refractivity (Wildman–Crippen MR) is 117 cm³/mol. The Morgan fingerprint density at radius 3 is 2.59 bits per heavy atom. The molecule has 3 rings (SSSR count). The molecule has 1 aliphatic heterocycles. The summed E-state index contributed by atoms with van der Waals surface area (Å²) in [4.78, 5) is 1.37. The van der Waals surface area contributed by atoms with Crippen molar-refractivity contribution in [3.8, 4) is 5.75 Å². The number of ether oxygens (including phenoxy) is 1. The summed E-state index contributed by atoms with van der Waals surface area (Å²) in [5.41, 5.74) is 2.84. The molecule has 0 unspecified atom stereocenters. The molecule has 0 saturated carbocycles. The van der Waals surface area contributed by atoms with Crippen molar-refractivity contribution in [1.82, 2.24) is 5.32 Å². The minimum Gasteiger partial charge on any atom is -0.491 e. The fourth-order valence-corrected chi connectivity index (χ4v) is 5.19. The number of unbranched alkanes of at least 4 members (excludes halogenated alkanes) is 1. The second kappa shape index (κ2) is 9.16. The van der Waals surface area contributed by atoms with Crippen LogP contribution < -0.4 is 10.1 Å². The average Bonchev–Trinajstić information content (AvgIpc) is 2.84. The van der Waals surface area contributed by atoms with Crippen LogP contribution in [0.2, 0.25) is 0 Å².